The second-order valence-electron chi connectivity index (χ2n) is 23.1. The zero-order valence-corrected chi connectivity index (χ0v) is 48.1. The lowest BCUT2D eigenvalue weighted by molar-refractivity contribution is -0.155. The number of esters is 1. The molecule has 0 fully saturated rings. The van der Waals surface area contributed by atoms with E-state index in [0.717, 1.165) is 16.7 Å². The first-order valence-electron chi connectivity index (χ1n) is 27.0. The van der Waals surface area contributed by atoms with Crippen LogP contribution in [0.4, 0.5) is 0 Å². The molecule has 434 valence electrons. The number of aliphatic carboxylic acids is 1. The van der Waals surface area contributed by atoms with Crippen LogP contribution in [0.5, 0.6) is 5.75 Å². The molecule has 0 unspecified atom stereocenters. The van der Waals surface area contributed by atoms with Crippen LogP contribution < -0.4 is 42.4 Å². The van der Waals surface area contributed by atoms with E-state index in [4.69, 9.17) is 19.9 Å². The van der Waals surface area contributed by atoms with Crippen LogP contribution in [-0.4, -0.2) is 113 Å². The standard InChI is InChI=1S/C61H83N7O12/c1-39(2)35-48(67-56(75)49(66-53(72)45(62)38-78-58(3,4)5)36-40-27-29-44(30-28-40)79-59(6,7)8)55(74)65-46(32-34-52(71)80-60(9,10)11)54(73)63-37-51(70)64-47(57(76)77)31-33-50(69)68-61(41-21-15-12-16-22-41,42-23-17-13-18-24-42)43-25-19-14-20-26-43/h12-30,39,45-49H,31-38,62H2,1-11H3,(H,63,73)(H,64,70)(H,65,74)(H,66,72)(H,67,75)(H,68,69)(H,76,77)/t45-,46-,47-,48-,49-/m0/s1. The van der Waals surface area contributed by atoms with Gasteiger partial charge in [0.15, 0.2) is 0 Å². The van der Waals surface area contributed by atoms with Gasteiger partial charge in [0.25, 0.3) is 0 Å². The Morgan fingerprint density at radius 1 is 0.537 bits per heavy atom. The highest BCUT2D eigenvalue weighted by Crippen LogP contribution is 2.37. The molecule has 4 aromatic rings. The van der Waals surface area contributed by atoms with Crippen molar-refractivity contribution in [3.05, 3.63) is 138 Å². The van der Waals surface area contributed by atoms with E-state index < -0.39 is 106 Å². The summed E-state index contributed by atoms with van der Waals surface area (Å²) in [5.74, 6) is -6.28. The molecule has 9 N–H and O–H groups in total. The Labute approximate surface area is 470 Å². The number of nitrogens with two attached hydrogens (primary N) is 1. The zero-order chi connectivity index (χ0) is 59.4. The third-order valence-electron chi connectivity index (χ3n) is 12.1. The van der Waals surface area contributed by atoms with Crippen LogP contribution >= 0.6 is 0 Å². The van der Waals surface area contributed by atoms with Crippen molar-refractivity contribution in [1.29, 1.82) is 0 Å². The molecule has 0 aliphatic heterocycles. The maximum atomic E-state index is 14.3. The van der Waals surface area contributed by atoms with Gasteiger partial charge in [-0.3, -0.25) is 33.6 Å². The van der Waals surface area contributed by atoms with E-state index in [9.17, 15) is 43.5 Å². The highest BCUT2D eigenvalue weighted by molar-refractivity contribution is 5.96. The van der Waals surface area contributed by atoms with Gasteiger partial charge in [-0.1, -0.05) is 117 Å². The third-order valence-corrected chi connectivity index (χ3v) is 12.1. The van der Waals surface area contributed by atoms with Gasteiger partial charge >= 0.3 is 11.9 Å². The molecule has 80 heavy (non-hydrogen) atoms. The summed E-state index contributed by atoms with van der Waals surface area (Å²) in [4.78, 5) is 109. The van der Waals surface area contributed by atoms with E-state index in [1.165, 1.54) is 0 Å². The molecule has 0 bridgehead atoms. The maximum absolute atomic E-state index is 14.3. The zero-order valence-electron chi connectivity index (χ0n) is 48.1. The number of hydrogen-bond donors (Lipinski definition) is 8. The second-order valence-corrected chi connectivity index (χ2v) is 23.1. The molecule has 0 spiro atoms. The van der Waals surface area contributed by atoms with Gasteiger partial charge in [0.05, 0.1) is 18.8 Å². The van der Waals surface area contributed by atoms with Crippen molar-refractivity contribution >= 4 is 47.4 Å². The number of hydrogen-bond acceptors (Lipinski definition) is 12. The van der Waals surface area contributed by atoms with E-state index >= 15 is 0 Å². The summed E-state index contributed by atoms with van der Waals surface area (Å²) in [6.07, 6.45) is -1.25. The largest absolute Gasteiger partial charge is 0.488 e. The molecule has 4 aromatic carbocycles. The van der Waals surface area contributed by atoms with Gasteiger partial charge in [-0.25, -0.2) is 4.79 Å². The van der Waals surface area contributed by atoms with Gasteiger partial charge < -0.3 is 57.0 Å². The Morgan fingerprint density at radius 2 is 1.02 bits per heavy atom. The molecular weight excluding hydrogens is 1020 g/mol. The van der Waals surface area contributed by atoms with Crippen molar-refractivity contribution in [2.45, 2.75) is 167 Å². The van der Waals surface area contributed by atoms with Gasteiger partial charge in [0.2, 0.25) is 35.4 Å². The Balaban J connectivity index is 1.52. The van der Waals surface area contributed by atoms with E-state index in [2.05, 4.69) is 31.9 Å². The van der Waals surface area contributed by atoms with Gasteiger partial charge in [-0.05, 0) is 122 Å². The van der Waals surface area contributed by atoms with E-state index in [1.54, 1.807) is 45.0 Å². The fourth-order valence-corrected chi connectivity index (χ4v) is 8.48. The SMILES string of the molecule is CC(C)C[C@H](NC(=O)[C@H](Cc1ccc(OC(C)(C)C)cc1)NC(=O)[C@@H](N)COC(C)(C)C)C(=O)N[C@@H](CCC(=O)OC(C)(C)C)C(=O)NCC(=O)N[C@@H](CCC(=O)NC(c1ccccc1)(c1ccccc1)c1ccccc1)C(=O)O. The molecule has 4 rings (SSSR count). The lowest BCUT2D eigenvalue weighted by atomic mass is 9.77. The Kier molecular flexibility index (Phi) is 24.0. The Morgan fingerprint density at radius 3 is 1.50 bits per heavy atom. The number of rotatable bonds is 28. The Bertz CT molecular complexity index is 2590. The fraction of sp³-hybridized carbons (Fsp3) is 0.475. The number of ether oxygens (including phenoxy) is 3. The summed E-state index contributed by atoms with van der Waals surface area (Å²) in [6, 6.07) is 28.3. The molecule has 0 aromatic heterocycles. The predicted octanol–water partition coefficient (Wildman–Crippen LogP) is 5.75. The molecular formula is C61H83N7O12. The van der Waals surface area contributed by atoms with Gasteiger partial charge in [0, 0.05) is 19.3 Å². The topological polar surface area (TPSA) is 283 Å². The van der Waals surface area contributed by atoms with Crippen LogP contribution in [0.25, 0.3) is 0 Å². The minimum Gasteiger partial charge on any atom is -0.488 e. The quantitative estimate of drug-likeness (QED) is 0.0249. The number of nitrogens with one attached hydrogen (secondary N) is 6. The average Bonchev–Trinajstić information content (AvgIpc) is 3.58. The van der Waals surface area contributed by atoms with Crippen LogP contribution in [0.1, 0.15) is 131 Å². The fourth-order valence-electron chi connectivity index (χ4n) is 8.48. The number of carbonyl (C=O) groups is 8. The summed E-state index contributed by atoms with van der Waals surface area (Å²) in [5, 5.41) is 26.3. The first kappa shape index (κ1) is 64.9. The summed E-state index contributed by atoms with van der Waals surface area (Å²) in [5.41, 5.74) is 5.99. The minimum atomic E-state index is -1.56. The number of benzene rings is 4. The van der Waals surface area contributed by atoms with Gasteiger partial charge in [0.1, 0.15) is 52.7 Å². The maximum Gasteiger partial charge on any atom is 0.326 e. The molecule has 0 saturated heterocycles. The first-order valence-corrected chi connectivity index (χ1v) is 27.0. The van der Waals surface area contributed by atoms with Crippen molar-refractivity contribution in [1.82, 2.24) is 31.9 Å². The number of carboxylic acids is 1. The number of carbonyl (C=O) groups excluding carboxylic acids is 7. The van der Waals surface area contributed by atoms with E-state index in [-0.39, 0.29) is 51.0 Å². The highest BCUT2D eigenvalue weighted by Gasteiger charge is 2.39. The minimum absolute atomic E-state index is 0.0212. The van der Waals surface area contributed by atoms with Crippen molar-refractivity contribution in [2.24, 2.45) is 11.7 Å². The van der Waals surface area contributed by atoms with E-state index in [0.29, 0.717) is 11.3 Å². The summed E-state index contributed by atoms with van der Waals surface area (Å²) in [6.45, 7) is 18.9. The number of carboxylic acid groups (broad SMARTS) is 1. The molecule has 0 saturated carbocycles. The van der Waals surface area contributed by atoms with Crippen molar-refractivity contribution in [3.8, 4) is 5.75 Å². The summed E-state index contributed by atoms with van der Waals surface area (Å²) < 4.78 is 17.1. The molecule has 6 amide bonds. The monoisotopic (exact) mass is 1110 g/mol. The normalized spacial score (nSPS) is 13.8. The van der Waals surface area contributed by atoms with Crippen LogP contribution in [-0.2, 0) is 59.8 Å². The Hall–Kier alpha value is -7.64. The summed E-state index contributed by atoms with van der Waals surface area (Å²) in [7, 11) is 0. The molecule has 0 radical (unpaired) electrons. The van der Waals surface area contributed by atoms with Crippen LogP contribution in [0.2, 0.25) is 0 Å². The van der Waals surface area contributed by atoms with Crippen LogP contribution in [0.3, 0.4) is 0 Å². The van der Waals surface area contributed by atoms with Crippen LogP contribution in [0, 0.1) is 5.92 Å². The molecule has 5 atom stereocenters. The molecule has 0 aliphatic carbocycles. The lowest BCUT2D eigenvalue weighted by Gasteiger charge is -2.37. The molecule has 0 heterocycles. The van der Waals surface area contributed by atoms with Gasteiger partial charge in [-0.15, -0.1) is 0 Å². The second kappa shape index (κ2) is 29.5. The van der Waals surface area contributed by atoms with Crippen molar-refractivity contribution in [2.75, 3.05) is 13.2 Å². The van der Waals surface area contributed by atoms with E-state index in [1.807, 2.05) is 146 Å². The highest BCUT2D eigenvalue weighted by atomic mass is 16.6. The molecule has 19 nitrogen and oxygen atoms in total. The van der Waals surface area contributed by atoms with Crippen molar-refractivity contribution < 1.29 is 57.7 Å². The van der Waals surface area contributed by atoms with Crippen LogP contribution in [0.15, 0.2) is 115 Å². The van der Waals surface area contributed by atoms with Gasteiger partial charge in [-0.2, -0.15) is 0 Å². The smallest absolute Gasteiger partial charge is 0.326 e. The molecule has 19 heteroatoms. The predicted molar refractivity (Wildman–Crippen MR) is 304 cm³/mol. The first-order chi connectivity index (χ1) is 37.4. The third kappa shape index (κ3) is 21.9. The summed E-state index contributed by atoms with van der Waals surface area (Å²) >= 11 is 0. The molecule has 0 aliphatic rings. The van der Waals surface area contributed by atoms with Crippen molar-refractivity contribution in [3.63, 3.8) is 0 Å². The average molecular weight is 1110 g/mol. The number of amides is 6. The lowest BCUT2D eigenvalue weighted by Crippen LogP contribution is -2.59.